The second-order valence-corrected chi connectivity index (χ2v) is 7.96. The summed E-state index contributed by atoms with van der Waals surface area (Å²) in [5.74, 6) is -0.973. The molecule has 0 saturated heterocycles. The largest absolute Gasteiger partial charge is 0.444 e. The number of ether oxygens (including phenoxy) is 1. The lowest BCUT2D eigenvalue weighted by Crippen LogP contribution is -2.40. The highest BCUT2D eigenvalue weighted by molar-refractivity contribution is 5.68. The summed E-state index contributed by atoms with van der Waals surface area (Å²) in [5.41, 5.74) is -1.74. The van der Waals surface area contributed by atoms with Crippen molar-refractivity contribution in [2.24, 2.45) is 0 Å². The van der Waals surface area contributed by atoms with E-state index in [9.17, 15) is 18.7 Å². The van der Waals surface area contributed by atoms with Crippen LogP contribution in [0.5, 0.6) is 0 Å². The first kappa shape index (κ1) is 18.6. The van der Waals surface area contributed by atoms with Gasteiger partial charge in [0.25, 0.3) is 5.92 Å². The van der Waals surface area contributed by atoms with E-state index in [1.54, 1.807) is 20.8 Å². The van der Waals surface area contributed by atoms with Crippen LogP contribution in [-0.2, 0) is 30.2 Å². The molecule has 1 aromatic heterocycles. The molecule has 0 spiro atoms. The molecule has 1 N–H and O–H groups in total. The number of halogens is 2. The van der Waals surface area contributed by atoms with Gasteiger partial charge in [-0.2, -0.15) is 13.9 Å². The van der Waals surface area contributed by atoms with Crippen LogP contribution in [0.25, 0.3) is 0 Å². The van der Waals surface area contributed by atoms with E-state index in [0.29, 0.717) is 24.2 Å². The summed E-state index contributed by atoms with van der Waals surface area (Å²) in [6, 6.07) is 0. The predicted molar refractivity (Wildman–Crippen MR) is 89.5 cm³/mol. The molecular weight excluding hydrogens is 344 g/mol. The number of aromatic nitrogens is 2. The molecule has 1 amide bonds. The maximum Gasteiger partial charge on any atom is 0.410 e. The van der Waals surface area contributed by atoms with E-state index in [-0.39, 0.29) is 25.2 Å². The number of fused-ring (bicyclic) bond motifs is 3. The summed E-state index contributed by atoms with van der Waals surface area (Å²) in [6.07, 6.45) is 4.36. The fourth-order valence-electron chi connectivity index (χ4n) is 3.36. The Hall–Kier alpha value is -2.14. The van der Waals surface area contributed by atoms with Crippen molar-refractivity contribution in [2.45, 2.75) is 70.2 Å². The summed E-state index contributed by atoms with van der Waals surface area (Å²) >= 11 is 0. The number of alkyl halides is 2. The highest BCUT2D eigenvalue weighted by atomic mass is 19.3. The lowest BCUT2D eigenvalue weighted by atomic mass is 9.96. The molecule has 0 saturated carbocycles. The summed E-state index contributed by atoms with van der Waals surface area (Å²) < 4.78 is 36.0. The second kappa shape index (κ2) is 5.95. The molecule has 0 bridgehead atoms. The molecule has 2 aliphatic heterocycles. The molecule has 8 heteroatoms. The van der Waals surface area contributed by atoms with Crippen molar-refractivity contribution in [3.05, 3.63) is 17.0 Å². The van der Waals surface area contributed by atoms with Crippen molar-refractivity contribution >= 4 is 6.09 Å². The molecule has 0 aliphatic carbocycles. The molecular formula is C18H23F2N3O3. The maximum atomic E-state index is 14.8. The molecule has 0 radical (unpaired) electrons. The van der Waals surface area contributed by atoms with Crippen LogP contribution < -0.4 is 0 Å². The number of rotatable bonds is 0. The van der Waals surface area contributed by atoms with E-state index in [0.717, 1.165) is 4.68 Å². The number of aliphatic hydroxyl groups is 1. The number of hydrogen-bond acceptors (Lipinski definition) is 4. The quantitative estimate of drug-likeness (QED) is 0.715. The summed E-state index contributed by atoms with van der Waals surface area (Å²) in [4.78, 5) is 13.7. The highest BCUT2D eigenvalue weighted by Gasteiger charge is 2.47. The Morgan fingerprint density at radius 3 is 2.69 bits per heavy atom. The molecule has 0 aromatic carbocycles. The van der Waals surface area contributed by atoms with Crippen LogP contribution in [0.4, 0.5) is 13.6 Å². The number of nitrogens with zero attached hydrogens (tertiary/aromatic N) is 3. The predicted octanol–water partition coefficient (Wildman–Crippen LogP) is 2.43. The molecule has 142 valence electrons. The average Bonchev–Trinajstić information content (AvgIpc) is 2.84. The Morgan fingerprint density at radius 2 is 2.08 bits per heavy atom. The minimum atomic E-state index is -3.18. The summed E-state index contributed by atoms with van der Waals surface area (Å²) in [7, 11) is 0. The monoisotopic (exact) mass is 367 g/mol. The lowest BCUT2D eigenvalue weighted by molar-refractivity contribution is -0.0305. The third-order valence-corrected chi connectivity index (χ3v) is 4.63. The number of amides is 1. The highest BCUT2D eigenvalue weighted by Crippen LogP contribution is 2.42. The van der Waals surface area contributed by atoms with E-state index in [4.69, 9.17) is 11.2 Å². The maximum absolute atomic E-state index is 14.8. The van der Waals surface area contributed by atoms with Crippen LogP contribution >= 0.6 is 0 Å². The van der Waals surface area contributed by atoms with Crippen LogP contribution in [-0.4, -0.2) is 43.6 Å². The van der Waals surface area contributed by atoms with Crippen molar-refractivity contribution in [2.75, 3.05) is 6.54 Å². The molecule has 3 rings (SSSR count). The number of hydrogen-bond donors (Lipinski definition) is 1. The average molecular weight is 367 g/mol. The molecule has 1 atom stereocenters. The zero-order valence-electron chi connectivity index (χ0n) is 15.2. The van der Waals surface area contributed by atoms with Crippen molar-refractivity contribution in [3.63, 3.8) is 0 Å². The van der Waals surface area contributed by atoms with Crippen molar-refractivity contribution in [1.29, 1.82) is 0 Å². The van der Waals surface area contributed by atoms with E-state index in [1.165, 1.54) is 4.90 Å². The SMILES string of the molecule is C#CC1(O)CCC(F)(F)c2c3c(nn2C1)CCN(C(=O)OC(C)(C)C)C3. The number of carbonyl (C=O) groups excluding carboxylic acids is 1. The Labute approximate surface area is 151 Å². The Morgan fingerprint density at radius 1 is 1.38 bits per heavy atom. The molecule has 6 nitrogen and oxygen atoms in total. The minimum absolute atomic E-state index is 0.00362. The van der Waals surface area contributed by atoms with Gasteiger partial charge >= 0.3 is 6.09 Å². The first-order valence-corrected chi connectivity index (χ1v) is 8.59. The first-order chi connectivity index (χ1) is 11.9. The van der Waals surface area contributed by atoms with Gasteiger partial charge in [0, 0.05) is 24.9 Å². The topological polar surface area (TPSA) is 67.6 Å². The van der Waals surface area contributed by atoms with Gasteiger partial charge in [-0.15, -0.1) is 6.42 Å². The molecule has 0 fully saturated rings. The van der Waals surface area contributed by atoms with E-state index in [1.807, 2.05) is 0 Å². The number of terminal acetylenes is 1. The van der Waals surface area contributed by atoms with Crippen LogP contribution in [0.3, 0.4) is 0 Å². The first-order valence-electron chi connectivity index (χ1n) is 8.59. The number of carbonyl (C=O) groups is 1. The van der Waals surface area contributed by atoms with Gasteiger partial charge in [-0.3, -0.25) is 4.68 Å². The minimum Gasteiger partial charge on any atom is -0.444 e. The molecule has 1 unspecified atom stereocenters. The van der Waals surface area contributed by atoms with E-state index in [2.05, 4.69) is 11.0 Å². The van der Waals surface area contributed by atoms with Gasteiger partial charge < -0.3 is 14.7 Å². The smallest absolute Gasteiger partial charge is 0.410 e. The normalized spacial score (nSPS) is 24.9. The second-order valence-electron chi connectivity index (χ2n) is 7.96. The third kappa shape index (κ3) is 3.40. The van der Waals surface area contributed by atoms with Gasteiger partial charge in [0.2, 0.25) is 0 Å². The standard InChI is InChI=1S/C18H23F2N3O3/c1-5-17(25)7-8-18(19,20)14-12-10-22(15(24)26-16(2,3)4)9-6-13(12)21-23(14)11-17/h1,25H,6-11H2,2-4H3. The molecule has 2 aliphatic rings. The third-order valence-electron chi connectivity index (χ3n) is 4.63. The van der Waals surface area contributed by atoms with Crippen LogP contribution in [0.1, 0.15) is 50.6 Å². The zero-order valence-corrected chi connectivity index (χ0v) is 15.2. The molecule has 26 heavy (non-hydrogen) atoms. The van der Waals surface area contributed by atoms with Crippen molar-refractivity contribution in [3.8, 4) is 12.3 Å². The van der Waals surface area contributed by atoms with Gasteiger partial charge in [-0.25, -0.2) is 4.79 Å². The van der Waals surface area contributed by atoms with Crippen molar-refractivity contribution < 1.29 is 23.4 Å². The molecule has 3 heterocycles. The molecule has 1 aromatic rings. The van der Waals surface area contributed by atoms with Gasteiger partial charge in [-0.05, 0) is 27.2 Å². The van der Waals surface area contributed by atoms with Crippen LogP contribution in [0, 0.1) is 12.3 Å². The summed E-state index contributed by atoms with van der Waals surface area (Å²) in [6.45, 7) is 5.41. The van der Waals surface area contributed by atoms with Gasteiger partial charge in [0.05, 0.1) is 18.8 Å². The Kier molecular flexibility index (Phi) is 4.26. The van der Waals surface area contributed by atoms with Crippen LogP contribution in [0.15, 0.2) is 0 Å². The van der Waals surface area contributed by atoms with Gasteiger partial charge in [0.15, 0.2) is 0 Å². The summed E-state index contributed by atoms with van der Waals surface area (Å²) in [5, 5.41) is 14.6. The zero-order chi connectivity index (χ0) is 19.3. The Balaban J connectivity index is 1.95. The van der Waals surface area contributed by atoms with Crippen LogP contribution in [0.2, 0.25) is 0 Å². The van der Waals surface area contributed by atoms with E-state index >= 15 is 0 Å². The Bertz CT molecular complexity index is 776. The van der Waals surface area contributed by atoms with Gasteiger partial charge in [-0.1, -0.05) is 5.92 Å². The fourth-order valence-corrected chi connectivity index (χ4v) is 3.36. The lowest BCUT2D eigenvalue weighted by Gasteiger charge is -2.30. The van der Waals surface area contributed by atoms with Gasteiger partial charge in [0.1, 0.15) is 16.9 Å². The van der Waals surface area contributed by atoms with Crippen molar-refractivity contribution in [1.82, 2.24) is 14.7 Å². The fraction of sp³-hybridized carbons (Fsp3) is 0.667. The van der Waals surface area contributed by atoms with E-state index < -0.39 is 29.6 Å².